The standard InChI is InChI=1S/C20H28N2O2/c1-15-7-11-21(12-8-15)19(23)17-5-3-4-6-18(17)20(24)22-13-9-16(2)10-14-22/h3-6,15-16H,7-14H2,1-2H3. The largest absolute Gasteiger partial charge is 0.339 e. The van der Waals surface area contributed by atoms with Crippen molar-refractivity contribution in [2.45, 2.75) is 39.5 Å². The lowest BCUT2D eigenvalue weighted by Crippen LogP contribution is -2.41. The Balaban J connectivity index is 1.77. The first-order valence-corrected chi connectivity index (χ1v) is 9.24. The first kappa shape index (κ1) is 17.0. The number of carbonyl (C=O) groups excluding carboxylic acids is 2. The van der Waals surface area contributed by atoms with Gasteiger partial charge in [-0.3, -0.25) is 9.59 Å². The summed E-state index contributed by atoms with van der Waals surface area (Å²) in [7, 11) is 0. The number of likely N-dealkylation sites (tertiary alicyclic amines) is 2. The lowest BCUT2D eigenvalue weighted by molar-refractivity contribution is 0.0657. The van der Waals surface area contributed by atoms with Crippen LogP contribution in [0.25, 0.3) is 0 Å². The van der Waals surface area contributed by atoms with E-state index in [1.165, 1.54) is 0 Å². The second-order valence-electron chi connectivity index (χ2n) is 7.50. The Bertz CT molecular complexity index is 544. The average Bonchev–Trinajstić information content (AvgIpc) is 2.62. The number of hydrogen-bond donors (Lipinski definition) is 0. The normalized spacial score (nSPS) is 20.2. The summed E-state index contributed by atoms with van der Waals surface area (Å²) in [6.07, 6.45) is 4.19. The van der Waals surface area contributed by atoms with Crippen molar-refractivity contribution >= 4 is 11.8 Å². The van der Waals surface area contributed by atoms with Crippen LogP contribution in [0.5, 0.6) is 0 Å². The van der Waals surface area contributed by atoms with Gasteiger partial charge < -0.3 is 9.80 Å². The van der Waals surface area contributed by atoms with Gasteiger partial charge in [-0.05, 0) is 49.7 Å². The maximum absolute atomic E-state index is 12.9. The molecule has 0 radical (unpaired) electrons. The van der Waals surface area contributed by atoms with E-state index in [-0.39, 0.29) is 11.8 Å². The van der Waals surface area contributed by atoms with Crippen LogP contribution in [0.3, 0.4) is 0 Å². The molecule has 2 saturated heterocycles. The van der Waals surface area contributed by atoms with Crippen LogP contribution in [0, 0.1) is 11.8 Å². The van der Waals surface area contributed by atoms with Crippen LogP contribution in [0.15, 0.2) is 24.3 Å². The Morgan fingerprint density at radius 2 is 1.08 bits per heavy atom. The zero-order chi connectivity index (χ0) is 17.1. The van der Waals surface area contributed by atoms with Crippen LogP contribution in [0.2, 0.25) is 0 Å². The van der Waals surface area contributed by atoms with Gasteiger partial charge in [-0.1, -0.05) is 26.0 Å². The third-order valence-electron chi connectivity index (χ3n) is 5.53. The van der Waals surface area contributed by atoms with Crippen molar-refractivity contribution in [1.29, 1.82) is 0 Å². The predicted octanol–water partition coefficient (Wildman–Crippen LogP) is 3.43. The van der Waals surface area contributed by atoms with Crippen molar-refractivity contribution in [1.82, 2.24) is 9.80 Å². The summed E-state index contributed by atoms with van der Waals surface area (Å²) >= 11 is 0. The van der Waals surface area contributed by atoms with Crippen LogP contribution >= 0.6 is 0 Å². The number of benzene rings is 1. The van der Waals surface area contributed by atoms with Crippen LogP contribution in [-0.2, 0) is 0 Å². The highest BCUT2D eigenvalue weighted by Gasteiger charge is 2.28. The van der Waals surface area contributed by atoms with Crippen molar-refractivity contribution in [3.8, 4) is 0 Å². The molecule has 24 heavy (non-hydrogen) atoms. The highest BCUT2D eigenvalue weighted by Crippen LogP contribution is 2.22. The van der Waals surface area contributed by atoms with Gasteiger partial charge in [0.25, 0.3) is 11.8 Å². The second kappa shape index (κ2) is 7.37. The van der Waals surface area contributed by atoms with Crippen LogP contribution in [0.4, 0.5) is 0 Å². The summed E-state index contributed by atoms with van der Waals surface area (Å²) in [6.45, 7) is 7.65. The molecule has 0 aliphatic carbocycles. The summed E-state index contributed by atoms with van der Waals surface area (Å²) in [6, 6.07) is 7.32. The van der Waals surface area contributed by atoms with E-state index < -0.39 is 0 Å². The molecule has 4 nitrogen and oxygen atoms in total. The van der Waals surface area contributed by atoms with Gasteiger partial charge in [0.15, 0.2) is 0 Å². The Morgan fingerprint density at radius 3 is 1.42 bits per heavy atom. The van der Waals surface area contributed by atoms with Crippen molar-refractivity contribution in [2.24, 2.45) is 11.8 Å². The molecule has 130 valence electrons. The molecule has 0 atom stereocenters. The highest BCUT2D eigenvalue weighted by molar-refractivity contribution is 6.07. The lowest BCUT2D eigenvalue weighted by Gasteiger charge is -2.32. The second-order valence-corrected chi connectivity index (χ2v) is 7.50. The van der Waals surface area contributed by atoms with E-state index in [0.29, 0.717) is 23.0 Å². The maximum atomic E-state index is 12.9. The number of nitrogens with zero attached hydrogens (tertiary/aromatic N) is 2. The molecule has 4 heteroatoms. The van der Waals surface area contributed by atoms with E-state index in [0.717, 1.165) is 51.9 Å². The summed E-state index contributed by atoms with van der Waals surface area (Å²) < 4.78 is 0. The summed E-state index contributed by atoms with van der Waals surface area (Å²) in [4.78, 5) is 29.7. The van der Waals surface area contributed by atoms with E-state index in [1.54, 1.807) is 12.1 Å². The molecule has 2 aliphatic heterocycles. The number of hydrogen-bond acceptors (Lipinski definition) is 2. The third-order valence-corrected chi connectivity index (χ3v) is 5.53. The van der Waals surface area contributed by atoms with E-state index in [4.69, 9.17) is 0 Å². The summed E-state index contributed by atoms with van der Waals surface area (Å²) in [5.74, 6) is 1.38. The molecular weight excluding hydrogens is 300 g/mol. The molecule has 3 rings (SSSR count). The fourth-order valence-electron chi connectivity index (χ4n) is 3.62. The van der Waals surface area contributed by atoms with Crippen LogP contribution < -0.4 is 0 Å². The molecular formula is C20H28N2O2. The van der Waals surface area contributed by atoms with Crippen molar-refractivity contribution in [2.75, 3.05) is 26.2 Å². The predicted molar refractivity (Wildman–Crippen MR) is 95.0 cm³/mol. The van der Waals surface area contributed by atoms with Gasteiger partial charge in [0.1, 0.15) is 0 Å². The van der Waals surface area contributed by atoms with E-state index in [1.807, 2.05) is 21.9 Å². The number of carbonyl (C=O) groups is 2. The fourth-order valence-corrected chi connectivity index (χ4v) is 3.62. The van der Waals surface area contributed by atoms with Gasteiger partial charge in [-0.15, -0.1) is 0 Å². The average molecular weight is 328 g/mol. The van der Waals surface area contributed by atoms with Gasteiger partial charge >= 0.3 is 0 Å². The highest BCUT2D eigenvalue weighted by atomic mass is 16.2. The molecule has 0 saturated carbocycles. The Labute approximate surface area is 144 Å². The SMILES string of the molecule is CC1CCN(C(=O)c2ccccc2C(=O)N2CCC(C)CC2)CC1. The van der Waals surface area contributed by atoms with Crippen LogP contribution in [0.1, 0.15) is 60.2 Å². The minimum atomic E-state index is 0.0104. The molecule has 0 aromatic heterocycles. The lowest BCUT2D eigenvalue weighted by atomic mass is 9.96. The van der Waals surface area contributed by atoms with Gasteiger partial charge in [0, 0.05) is 26.2 Å². The molecule has 2 amide bonds. The zero-order valence-corrected chi connectivity index (χ0v) is 14.8. The Morgan fingerprint density at radius 1 is 0.750 bits per heavy atom. The van der Waals surface area contributed by atoms with Crippen molar-refractivity contribution in [3.05, 3.63) is 35.4 Å². The van der Waals surface area contributed by atoms with Gasteiger partial charge in [-0.2, -0.15) is 0 Å². The molecule has 2 fully saturated rings. The van der Waals surface area contributed by atoms with Gasteiger partial charge in [-0.25, -0.2) is 0 Å². The van der Waals surface area contributed by atoms with Gasteiger partial charge in [0.05, 0.1) is 11.1 Å². The Kier molecular flexibility index (Phi) is 5.22. The molecule has 1 aromatic carbocycles. The molecule has 2 aliphatic rings. The van der Waals surface area contributed by atoms with Crippen molar-refractivity contribution < 1.29 is 9.59 Å². The van der Waals surface area contributed by atoms with Gasteiger partial charge in [0.2, 0.25) is 0 Å². The minimum absolute atomic E-state index is 0.0104. The minimum Gasteiger partial charge on any atom is -0.339 e. The molecule has 0 bridgehead atoms. The monoisotopic (exact) mass is 328 g/mol. The first-order valence-electron chi connectivity index (χ1n) is 9.24. The number of piperidine rings is 2. The number of amides is 2. The molecule has 2 heterocycles. The Hall–Kier alpha value is -1.84. The topological polar surface area (TPSA) is 40.6 Å². The van der Waals surface area contributed by atoms with E-state index >= 15 is 0 Å². The summed E-state index contributed by atoms with van der Waals surface area (Å²) in [5, 5.41) is 0. The van der Waals surface area contributed by atoms with E-state index in [9.17, 15) is 9.59 Å². The fraction of sp³-hybridized carbons (Fsp3) is 0.600. The smallest absolute Gasteiger partial charge is 0.254 e. The zero-order valence-electron chi connectivity index (χ0n) is 14.8. The molecule has 1 aromatic rings. The van der Waals surface area contributed by atoms with Crippen LogP contribution in [-0.4, -0.2) is 47.8 Å². The first-order chi connectivity index (χ1) is 11.6. The molecule has 0 N–H and O–H groups in total. The molecule has 0 unspecified atom stereocenters. The van der Waals surface area contributed by atoms with Crippen molar-refractivity contribution in [3.63, 3.8) is 0 Å². The maximum Gasteiger partial charge on any atom is 0.254 e. The number of rotatable bonds is 2. The summed E-state index contributed by atoms with van der Waals surface area (Å²) in [5.41, 5.74) is 1.13. The quantitative estimate of drug-likeness (QED) is 0.834. The third kappa shape index (κ3) is 3.63. The van der Waals surface area contributed by atoms with E-state index in [2.05, 4.69) is 13.8 Å². The molecule has 0 spiro atoms.